The third-order valence-corrected chi connectivity index (χ3v) is 18.0. The van der Waals surface area contributed by atoms with Gasteiger partial charge in [0.1, 0.15) is 0 Å². The molecule has 0 aromatic heterocycles. The van der Waals surface area contributed by atoms with Crippen LogP contribution in [0.5, 0.6) is 0 Å². The first-order valence-electron chi connectivity index (χ1n) is 10.1. The number of rotatable bonds is 6. The standard InChI is InChI=1S/C12H10P.3C5H5.Fe/c1-3-7-11(8-4-1)13-12-9-5-2-6-10-12;3*1-2-4-5-3-1;/h1-10H;3*1-3H,4H2;/q-1;;;;+1. The summed E-state index contributed by atoms with van der Waals surface area (Å²) < 4.78 is 5.00. The van der Waals surface area contributed by atoms with E-state index in [1.807, 2.05) is 0 Å². The van der Waals surface area contributed by atoms with Crippen LogP contribution in [0.25, 0.3) is 0 Å². The van der Waals surface area contributed by atoms with Crippen molar-refractivity contribution >= 4 is 17.2 Å². The third-order valence-electron chi connectivity index (χ3n) is 5.33. The van der Waals surface area contributed by atoms with Crippen LogP contribution in [-0.2, 0) is 12.4 Å². The molecule has 5 rings (SSSR count). The molecule has 0 N–H and O–H groups in total. The Balaban J connectivity index is 1.81. The van der Waals surface area contributed by atoms with Crippen molar-refractivity contribution in [3.8, 4) is 0 Å². The van der Waals surface area contributed by atoms with Gasteiger partial charge in [-0.15, -0.1) is 0 Å². The predicted molar refractivity (Wildman–Crippen MR) is 125 cm³/mol. The van der Waals surface area contributed by atoms with Crippen molar-refractivity contribution in [2.24, 2.45) is 0 Å². The number of hydrogen-bond donors (Lipinski definition) is 0. The molecule has 0 atom stereocenters. The SMILES string of the molecule is C1=CC[C]([Fe]([C]2=CC=CC2)([C]2=CC=CC2)[P](c2ccccc2)c2ccccc2)=C1. The monoisotopic (exact) mass is 436 g/mol. The van der Waals surface area contributed by atoms with E-state index in [-0.39, 0.29) is 0 Å². The van der Waals surface area contributed by atoms with Gasteiger partial charge < -0.3 is 0 Å². The van der Waals surface area contributed by atoms with Gasteiger partial charge in [-0.3, -0.25) is 0 Å². The second-order valence-electron chi connectivity index (χ2n) is 7.13. The van der Waals surface area contributed by atoms with E-state index in [0.29, 0.717) is 0 Å². The van der Waals surface area contributed by atoms with Crippen LogP contribution >= 0.6 is 6.61 Å². The van der Waals surface area contributed by atoms with Crippen LogP contribution in [0.1, 0.15) is 19.3 Å². The van der Waals surface area contributed by atoms with Crippen molar-refractivity contribution in [3.63, 3.8) is 0 Å². The molecule has 146 valence electrons. The van der Waals surface area contributed by atoms with E-state index in [4.69, 9.17) is 0 Å². The van der Waals surface area contributed by atoms with Gasteiger partial charge in [0, 0.05) is 0 Å². The van der Waals surface area contributed by atoms with Crippen molar-refractivity contribution in [2.45, 2.75) is 19.3 Å². The molecular formula is C27H25FeP. The Hall–Kier alpha value is -2.17. The molecule has 0 fully saturated rings. The molecule has 29 heavy (non-hydrogen) atoms. The molecule has 0 unspecified atom stereocenters. The first-order valence-corrected chi connectivity index (χ1v) is 14.5. The van der Waals surface area contributed by atoms with E-state index in [1.54, 1.807) is 13.4 Å². The fraction of sp³-hybridized carbons (Fsp3) is 0.111. The van der Waals surface area contributed by atoms with E-state index < -0.39 is 19.0 Å². The molecule has 0 spiro atoms. The maximum atomic E-state index is 2.44. The Morgan fingerprint density at radius 1 is 0.517 bits per heavy atom. The average molecular weight is 436 g/mol. The number of hydrogen-bond acceptors (Lipinski definition) is 0. The quantitative estimate of drug-likeness (QED) is 0.348. The Morgan fingerprint density at radius 2 is 0.897 bits per heavy atom. The van der Waals surface area contributed by atoms with Gasteiger partial charge in [-0.1, -0.05) is 0 Å². The van der Waals surface area contributed by atoms with Gasteiger partial charge in [-0.05, 0) is 0 Å². The predicted octanol–water partition coefficient (Wildman–Crippen LogP) is 6.72. The van der Waals surface area contributed by atoms with Gasteiger partial charge in [0.2, 0.25) is 0 Å². The Labute approximate surface area is 177 Å². The van der Waals surface area contributed by atoms with Gasteiger partial charge in [0.25, 0.3) is 0 Å². The van der Waals surface area contributed by atoms with E-state index in [1.165, 1.54) is 10.6 Å². The second-order valence-corrected chi connectivity index (χ2v) is 15.8. The summed E-state index contributed by atoms with van der Waals surface area (Å²) in [6.45, 7) is -0.532. The summed E-state index contributed by atoms with van der Waals surface area (Å²) in [5.74, 6) is 0. The average Bonchev–Trinajstić information content (AvgIpc) is 3.57. The van der Waals surface area contributed by atoms with Crippen LogP contribution in [0.4, 0.5) is 0 Å². The van der Waals surface area contributed by atoms with Gasteiger partial charge >= 0.3 is 178 Å². The molecule has 0 amide bonds. The molecule has 0 saturated carbocycles. The van der Waals surface area contributed by atoms with E-state index in [9.17, 15) is 0 Å². The van der Waals surface area contributed by atoms with Crippen molar-refractivity contribution in [2.75, 3.05) is 0 Å². The summed E-state index contributed by atoms with van der Waals surface area (Å²) in [6.07, 6.45) is 24.5. The van der Waals surface area contributed by atoms with Crippen molar-refractivity contribution in [1.82, 2.24) is 0 Å². The number of allylic oxidation sites excluding steroid dienone is 12. The summed E-state index contributed by atoms with van der Waals surface area (Å²) in [7, 11) is 0. The zero-order chi connectivity index (χ0) is 19.5. The topological polar surface area (TPSA) is 0 Å². The maximum absolute atomic E-state index is 2.44. The van der Waals surface area contributed by atoms with E-state index >= 15 is 0 Å². The van der Waals surface area contributed by atoms with Gasteiger partial charge in [-0.2, -0.15) is 0 Å². The minimum atomic E-state index is -1.94. The van der Waals surface area contributed by atoms with Crippen LogP contribution in [0.15, 0.2) is 129 Å². The summed E-state index contributed by atoms with van der Waals surface area (Å²) in [5.41, 5.74) is 0. The first-order chi connectivity index (χ1) is 14.4. The van der Waals surface area contributed by atoms with Crippen LogP contribution in [0.2, 0.25) is 0 Å². The van der Waals surface area contributed by atoms with Crippen LogP contribution in [0, 0.1) is 0 Å². The first kappa shape index (κ1) is 18.8. The molecule has 0 heterocycles. The van der Waals surface area contributed by atoms with Gasteiger partial charge in [0.15, 0.2) is 0 Å². The molecule has 0 aliphatic heterocycles. The molecule has 0 radical (unpaired) electrons. The van der Waals surface area contributed by atoms with E-state index in [0.717, 1.165) is 19.3 Å². The van der Waals surface area contributed by atoms with Crippen LogP contribution in [-0.4, -0.2) is 0 Å². The van der Waals surface area contributed by atoms with Crippen molar-refractivity contribution < 1.29 is 12.4 Å². The molecule has 3 aliphatic carbocycles. The molecule has 2 aromatic carbocycles. The molecule has 3 aliphatic rings. The molecule has 2 heteroatoms. The second kappa shape index (κ2) is 8.29. The minimum absolute atomic E-state index is 0.532. The Morgan fingerprint density at radius 3 is 1.21 bits per heavy atom. The fourth-order valence-corrected chi connectivity index (χ4v) is 18.1. The van der Waals surface area contributed by atoms with Crippen molar-refractivity contribution in [1.29, 1.82) is 0 Å². The normalized spacial score (nSPS) is 18.3. The van der Waals surface area contributed by atoms with Crippen LogP contribution < -0.4 is 10.6 Å². The van der Waals surface area contributed by atoms with E-state index in [2.05, 4.69) is 115 Å². The Bertz CT molecular complexity index is 954. The molecular weight excluding hydrogens is 411 g/mol. The fourth-order valence-electron chi connectivity index (χ4n) is 4.09. The molecule has 0 saturated heterocycles. The molecule has 2 aromatic rings. The zero-order valence-corrected chi connectivity index (χ0v) is 18.4. The van der Waals surface area contributed by atoms with Crippen molar-refractivity contribution in [3.05, 3.63) is 129 Å². The Kier molecular flexibility index (Phi) is 5.38. The summed E-state index contributed by atoms with van der Waals surface area (Å²) in [4.78, 5) is 0. The number of benzene rings is 2. The molecule has 0 nitrogen and oxygen atoms in total. The zero-order valence-electron chi connectivity index (χ0n) is 16.4. The summed E-state index contributed by atoms with van der Waals surface area (Å²) >= 11 is -1.94. The summed E-state index contributed by atoms with van der Waals surface area (Å²) in [5, 5.41) is 3.00. The van der Waals surface area contributed by atoms with Crippen LogP contribution in [0.3, 0.4) is 0 Å². The van der Waals surface area contributed by atoms with Gasteiger partial charge in [0.05, 0.1) is 0 Å². The third kappa shape index (κ3) is 3.28. The molecule has 0 bridgehead atoms. The van der Waals surface area contributed by atoms with Gasteiger partial charge in [-0.25, -0.2) is 0 Å². The summed E-state index contributed by atoms with van der Waals surface area (Å²) in [6, 6.07) is 22.6.